The van der Waals surface area contributed by atoms with E-state index in [0.717, 1.165) is 0 Å². The van der Waals surface area contributed by atoms with Crippen molar-refractivity contribution in [2.24, 2.45) is 0 Å². The summed E-state index contributed by atoms with van der Waals surface area (Å²) in [6.45, 7) is 1.51. The zero-order chi connectivity index (χ0) is 20.1. The Morgan fingerprint density at radius 2 is 1.79 bits per heavy atom. The largest absolute Gasteiger partial charge is 0.449 e. The van der Waals surface area contributed by atoms with Gasteiger partial charge in [-0.05, 0) is 37.6 Å². The van der Waals surface area contributed by atoms with Gasteiger partial charge in [0.05, 0.1) is 17.1 Å². The fourth-order valence-corrected chi connectivity index (χ4v) is 6.43. The summed E-state index contributed by atoms with van der Waals surface area (Å²) in [4.78, 5) is 25.5. The van der Waals surface area contributed by atoms with Gasteiger partial charge in [-0.25, -0.2) is 13.2 Å². The standard InChI is InChI=1S/C20H21NO5S2/c1-14(19(22)21-15-7-3-2-4-8-15)26-20(23)17-9-5-6-10-18(17)27-16-11-12-28(24,25)13-16/h2-10,14,16H,11-13H2,1H3,(H,21,22)/t14-,16-/m1/s1. The van der Waals surface area contributed by atoms with Crippen LogP contribution in [0.2, 0.25) is 0 Å². The van der Waals surface area contributed by atoms with Crippen LogP contribution < -0.4 is 5.32 Å². The van der Waals surface area contributed by atoms with E-state index >= 15 is 0 Å². The van der Waals surface area contributed by atoms with Crippen LogP contribution in [0, 0.1) is 0 Å². The van der Waals surface area contributed by atoms with Crippen LogP contribution in [0.5, 0.6) is 0 Å². The minimum Gasteiger partial charge on any atom is -0.449 e. The summed E-state index contributed by atoms with van der Waals surface area (Å²) in [5, 5.41) is 2.61. The van der Waals surface area contributed by atoms with Crippen molar-refractivity contribution in [2.75, 3.05) is 16.8 Å². The van der Waals surface area contributed by atoms with E-state index in [1.807, 2.05) is 6.07 Å². The average Bonchev–Trinajstić information content (AvgIpc) is 3.01. The molecule has 2 aromatic carbocycles. The van der Waals surface area contributed by atoms with Gasteiger partial charge in [0, 0.05) is 15.8 Å². The lowest BCUT2D eigenvalue weighted by molar-refractivity contribution is -0.123. The predicted octanol–water partition coefficient (Wildman–Crippen LogP) is 3.15. The number of carbonyl (C=O) groups excluding carboxylic acids is 2. The Morgan fingerprint density at radius 3 is 2.46 bits per heavy atom. The number of nitrogens with one attached hydrogen (secondary N) is 1. The first-order valence-electron chi connectivity index (χ1n) is 8.87. The Hall–Kier alpha value is -2.32. The normalized spacial score (nSPS) is 19.0. The average molecular weight is 420 g/mol. The lowest BCUT2D eigenvalue weighted by Crippen LogP contribution is -2.30. The number of benzene rings is 2. The number of para-hydroxylation sites is 1. The molecule has 3 rings (SSSR count). The van der Waals surface area contributed by atoms with Crippen molar-refractivity contribution in [2.45, 2.75) is 29.6 Å². The molecule has 1 saturated heterocycles. The second-order valence-electron chi connectivity index (χ2n) is 6.54. The number of hydrogen-bond acceptors (Lipinski definition) is 6. The summed E-state index contributed by atoms with van der Waals surface area (Å²) < 4.78 is 28.7. The van der Waals surface area contributed by atoms with Gasteiger partial charge in [0.2, 0.25) is 0 Å². The molecular weight excluding hydrogens is 398 g/mol. The van der Waals surface area contributed by atoms with Crippen molar-refractivity contribution >= 4 is 39.2 Å². The number of anilines is 1. The van der Waals surface area contributed by atoms with Gasteiger partial charge in [-0.1, -0.05) is 30.3 Å². The van der Waals surface area contributed by atoms with Crippen LogP contribution >= 0.6 is 11.8 Å². The maximum Gasteiger partial charge on any atom is 0.340 e. The molecule has 148 valence electrons. The fraction of sp³-hybridized carbons (Fsp3) is 0.300. The molecule has 8 heteroatoms. The lowest BCUT2D eigenvalue weighted by atomic mass is 10.2. The van der Waals surface area contributed by atoms with E-state index < -0.39 is 27.8 Å². The van der Waals surface area contributed by atoms with Crippen LogP contribution in [0.15, 0.2) is 59.5 Å². The monoisotopic (exact) mass is 419 g/mol. The number of rotatable bonds is 6. The summed E-state index contributed by atoms with van der Waals surface area (Å²) in [6.07, 6.45) is -0.413. The summed E-state index contributed by atoms with van der Waals surface area (Å²) in [5.74, 6) is -0.753. The van der Waals surface area contributed by atoms with Gasteiger partial charge in [0.1, 0.15) is 0 Å². The first kappa shape index (κ1) is 20.4. The van der Waals surface area contributed by atoms with Crippen LogP contribution in [-0.4, -0.2) is 43.2 Å². The molecule has 1 aliphatic rings. The Balaban J connectivity index is 1.65. The van der Waals surface area contributed by atoms with Crippen LogP contribution in [0.3, 0.4) is 0 Å². The second kappa shape index (κ2) is 8.79. The fourth-order valence-electron chi connectivity index (χ4n) is 2.81. The highest BCUT2D eigenvalue weighted by atomic mass is 32.2. The first-order chi connectivity index (χ1) is 13.3. The highest BCUT2D eigenvalue weighted by Crippen LogP contribution is 2.33. The van der Waals surface area contributed by atoms with E-state index in [1.54, 1.807) is 48.5 Å². The van der Waals surface area contributed by atoms with Gasteiger partial charge in [-0.15, -0.1) is 11.8 Å². The van der Waals surface area contributed by atoms with Gasteiger partial charge in [0.15, 0.2) is 15.9 Å². The van der Waals surface area contributed by atoms with E-state index in [9.17, 15) is 18.0 Å². The third-order valence-corrected chi connectivity index (χ3v) is 7.61. The molecule has 6 nitrogen and oxygen atoms in total. The molecule has 0 aromatic heterocycles. The molecule has 1 aliphatic heterocycles. The molecular formula is C20H21NO5S2. The first-order valence-corrected chi connectivity index (χ1v) is 11.6. The molecule has 1 amide bonds. The molecule has 1 fully saturated rings. The van der Waals surface area contributed by atoms with Crippen molar-refractivity contribution in [1.29, 1.82) is 0 Å². The van der Waals surface area contributed by atoms with Crippen molar-refractivity contribution in [1.82, 2.24) is 0 Å². The summed E-state index contributed by atoms with van der Waals surface area (Å²) in [6, 6.07) is 15.8. The maximum absolute atomic E-state index is 12.6. The molecule has 2 aromatic rings. The number of thioether (sulfide) groups is 1. The molecule has 1 heterocycles. The molecule has 2 atom stereocenters. The number of carbonyl (C=O) groups is 2. The van der Waals surface area contributed by atoms with E-state index in [1.165, 1.54) is 18.7 Å². The minimum absolute atomic E-state index is 0.0854. The summed E-state index contributed by atoms with van der Waals surface area (Å²) in [7, 11) is -3.00. The zero-order valence-electron chi connectivity index (χ0n) is 15.3. The molecule has 1 N–H and O–H groups in total. The Morgan fingerprint density at radius 1 is 1.11 bits per heavy atom. The van der Waals surface area contributed by atoms with Crippen LogP contribution in [0.4, 0.5) is 5.69 Å². The van der Waals surface area contributed by atoms with Crippen molar-refractivity contribution in [3.63, 3.8) is 0 Å². The topological polar surface area (TPSA) is 89.5 Å². The summed E-state index contributed by atoms with van der Waals surface area (Å²) in [5.41, 5.74) is 0.949. The number of hydrogen-bond donors (Lipinski definition) is 1. The number of ether oxygens (including phenoxy) is 1. The van der Waals surface area contributed by atoms with Gasteiger partial charge in [0.25, 0.3) is 5.91 Å². The predicted molar refractivity (Wildman–Crippen MR) is 109 cm³/mol. The number of esters is 1. The van der Waals surface area contributed by atoms with E-state index in [-0.39, 0.29) is 16.8 Å². The van der Waals surface area contributed by atoms with Gasteiger partial charge >= 0.3 is 5.97 Å². The lowest BCUT2D eigenvalue weighted by Gasteiger charge is -2.16. The van der Waals surface area contributed by atoms with Gasteiger partial charge < -0.3 is 10.1 Å². The molecule has 0 spiro atoms. The van der Waals surface area contributed by atoms with E-state index in [4.69, 9.17) is 4.74 Å². The SMILES string of the molecule is C[C@@H](OC(=O)c1ccccc1S[C@@H]1CCS(=O)(=O)C1)C(=O)Nc1ccccc1. The highest BCUT2D eigenvalue weighted by Gasteiger charge is 2.30. The van der Waals surface area contributed by atoms with Crippen LogP contribution in [0.1, 0.15) is 23.7 Å². The maximum atomic E-state index is 12.6. The van der Waals surface area contributed by atoms with Crippen LogP contribution in [-0.2, 0) is 19.4 Å². The highest BCUT2D eigenvalue weighted by molar-refractivity contribution is 8.02. The summed E-state index contributed by atoms with van der Waals surface area (Å²) >= 11 is 1.37. The second-order valence-corrected chi connectivity index (χ2v) is 10.1. The third kappa shape index (κ3) is 5.36. The molecule has 0 bridgehead atoms. The van der Waals surface area contributed by atoms with Gasteiger partial charge in [-0.3, -0.25) is 4.79 Å². The van der Waals surface area contributed by atoms with Crippen molar-refractivity contribution in [3.8, 4) is 0 Å². The zero-order valence-corrected chi connectivity index (χ0v) is 17.0. The molecule has 28 heavy (non-hydrogen) atoms. The molecule has 0 saturated carbocycles. The molecule has 0 radical (unpaired) electrons. The Labute approximate surface area is 168 Å². The number of amides is 1. The van der Waals surface area contributed by atoms with Crippen molar-refractivity contribution in [3.05, 3.63) is 60.2 Å². The van der Waals surface area contributed by atoms with Crippen molar-refractivity contribution < 1.29 is 22.7 Å². The quantitative estimate of drug-likeness (QED) is 0.724. The molecule has 0 aliphatic carbocycles. The molecule has 0 unspecified atom stereocenters. The number of sulfone groups is 1. The smallest absolute Gasteiger partial charge is 0.340 e. The van der Waals surface area contributed by atoms with E-state index in [0.29, 0.717) is 22.6 Å². The van der Waals surface area contributed by atoms with Gasteiger partial charge in [-0.2, -0.15) is 0 Å². The minimum atomic E-state index is -3.00. The Bertz CT molecular complexity index is 960. The third-order valence-electron chi connectivity index (χ3n) is 4.29. The van der Waals surface area contributed by atoms with E-state index in [2.05, 4.69) is 5.32 Å². The Kier molecular flexibility index (Phi) is 6.41. The van der Waals surface area contributed by atoms with Crippen LogP contribution in [0.25, 0.3) is 0 Å².